The number of sulfone groups is 1. The number of methoxy groups -OCH3 is 1. The number of carbonyl (C=O) groups excluding carboxylic acids is 2. The van der Waals surface area contributed by atoms with Crippen LogP contribution in [0.5, 0.6) is 0 Å². The second-order valence-corrected chi connectivity index (χ2v) is 11.4. The van der Waals surface area contributed by atoms with Gasteiger partial charge in [-0.1, -0.05) is 11.6 Å². The minimum atomic E-state index is -4.10. The Hall–Kier alpha value is -2.63. The van der Waals surface area contributed by atoms with Gasteiger partial charge >= 0.3 is 5.97 Å². The molecule has 0 radical (unpaired) electrons. The molecule has 4 atom stereocenters. The van der Waals surface area contributed by atoms with Crippen LogP contribution in [0.4, 0.5) is 18.9 Å². The quantitative estimate of drug-likeness (QED) is 0.448. The van der Waals surface area contributed by atoms with E-state index >= 15 is 0 Å². The van der Waals surface area contributed by atoms with Crippen molar-refractivity contribution >= 4 is 39.0 Å². The number of ether oxygens (including phenoxy) is 1. The number of amides is 1. The Kier molecular flexibility index (Phi) is 6.62. The van der Waals surface area contributed by atoms with Crippen molar-refractivity contribution in [2.24, 2.45) is 11.8 Å². The number of hydrogen-bond acceptors (Lipinski definition) is 6. The summed E-state index contributed by atoms with van der Waals surface area (Å²) < 4.78 is 72.0. The Bertz CT molecular complexity index is 1280. The van der Waals surface area contributed by atoms with E-state index in [1.807, 2.05) is 0 Å². The maximum absolute atomic E-state index is 13.6. The fourth-order valence-corrected chi connectivity index (χ4v) is 8.07. The molecular weight excluding hydrogens is 511 g/mol. The highest BCUT2D eigenvalue weighted by Crippen LogP contribution is 2.51. The molecular formula is C23H21ClF3NO6S. The lowest BCUT2D eigenvalue weighted by atomic mass is 9.77. The summed E-state index contributed by atoms with van der Waals surface area (Å²) in [7, 11) is -2.96. The maximum atomic E-state index is 13.6. The van der Waals surface area contributed by atoms with E-state index in [9.17, 15) is 36.3 Å². The van der Waals surface area contributed by atoms with Gasteiger partial charge in [-0.15, -0.1) is 0 Å². The summed E-state index contributed by atoms with van der Waals surface area (Å²) in [5.41, 5.74) is -2.29. The van der Waals surface area contributed by atoms with Crippen LogP contribution in [0.15, 0.2) is 35.2 Å². The predicted octanol–water partition coefficient (Wildman–Crippen LogP) is 3.88. The van der Waals surface area contributed by atoms with Crippen LogP contribution in [-0.4, -0.2) is 43.4 Å². The summed E-state index contributed by atoms with van der Waals surface area (Å²) in [6.07, 6.45) is 0.792. The second-order valence-electron chi connectivity index (χ2n) is 8.89. The molecule has 1 amide bonds. The van der Waals surface area contributed by atoms with E-state index in [0.29, 0.717) is 25.0 Å². The normalized spacial score (nSPS) is 25.8. The fourth-order valence-electron chi connectivity index (χ4n) is 5.23. The smallest absolute Gasteiger partial charge is 0.337 e. The molecule has 4 rings (SSSR count). The van der Waals surface area contributed by atoms with E-state index in [-0.39, 0.29) is 34.0 Å². The van der Waals surface area contributed by atoms with Gasteiger partial charge in [0.1, 0.15) is 0 Å². The lowest BCUT2D eigenvalue weighted by Crippen LogP contribution is -2.50. The number of hydrogen-bond donors (Lipinski definition) is 2. The Labute approximate surface area is 204 Å². The summed E-state index contributed by atoms with van der Waals surface area (Å²) >= 11 is 6.19. The predicted molar refractivity (Wildman–Crippen MR) is 119 cm³/mol. The number of anilines is 1. The van der Waals surface area contributed by atoms with Crippen molar-refractivity contribution in [3.05, 3.63) is 58.4 Å². The number of nitrogens with one attached hydrogen (secondary N) is 1. The highest BCUT2D eigenvalue weighted by Gasteiger charge is 2.57. The Balaban J connectivity index is 1.62. The molecule has 2 aromatic rings. The fraction of sp³-hybridized carbons (Fsp3) is 0.391. The van der Waals surface area contributed by atoms with E-state index in [2.05, 4.69) is 10.1 Å². The summed E-state index contributed by atoms with van der Waals surface area (Å²) in [5, 5.41) is 11.9. The van der Waals surface area contributed by atoms with E-state index < -0.39 is 61.9 Å². The number of rotatable bonds is 5. The minimum Gasteiger partial charge on any atom is -0.467 e. The van der Waals surface area contributed by atoms with Crippen LogP contribution < -0.4 is 5.32 Å². The Morgan fingerprint density at radius 3 is 2.20 bits per heavy atom. The SMILES string of the molecule is COC(=O)C1(O)CC2CC[C@H](C1)C2S(=O)(=O)c1cc(C(=O)Nc2cc(F)c(F)c(F)c2)ccc1Cl. The van der Waals surface area contributed by atoms with Crippen LogP contribution in [0, 0.1) is 29.3 Å². The molecule has 0 saturated heterocycles. The molecule has 2 bridgehead atoms. The zero-order valence-corrected chi connectivity index (χ0v) is 19.9. The average molecular weight is 532 g/mol. The summed E-state index contributed by atoms with van der Waals surface area (Å²) in [6.45, 7) is 0. The molecule has 2 N–H and O–H groups in total. The van der Waals surface area contributed by atoms with Gasteiger partial charge in [0.05, 0.1) is 22.3 Å². The molecule has 0 heterocycles. The highest BCUT2D eigenvalue weighted by atomic mass is 35.5. The summed E-state index contributed by atoms with van der Waals surface area (Å²) in [6, 6.07) is 4.69. The maximum Gasteiger partial charge on any atom is 0.337 e. The Morgan fingerprint density at radius 2 is 1.66 bits per heavy atom. The Morgan fingerprint density at radius 1 is 1.09 bits per heavy atom. The van der Waals surface area contributed by atoms with Crippen molar-refractivity contribution in [1.82, 2.24) is 0 Å². The molecule has 0 aromatic heterocycles. The first kappa shape index (κ1) is 25.5. The number of benzene rings is 2. The van der Waals surface area contributed by atoms with Gasteiger partial charge in [0, 0.05) is 23.4 Å². The van der Waals surface area contributed by atoms with E-state index in [4.69, 9.17) is 11.6 Å². The molecule has 7 nitrogen and oxygen atoms in total. The third-order valence-electron chi connectivity index (χ3n) is 6.70. The minimum absolute atomic E-state index is 0.0838. The van der Waals surface area contributed by atoms with Gasteiger partial charge in [0.25, 0.3) is 5.91 Å². The van der Waals surface area contributed by atoms with Gasteiger partial charge < -0.3 is 15.2 Å². The zero-order chi connectivity index (χ0) is 25.7. The van der Waals surface area contributed by atoms with Crippen molar-refractivity contribution in [2.45, 2.75) is 41.4 Å². The van der Waals surface area contributed by atoms with Crippen LogP contribution in [0.25, 0.3) is 0 Å². The lowest BCUT2D eigenvalue weighted by molar-refractivity contribution is -0.168. The summed E-state index contributed by atoms with van der Waals surface area (Å²) in [4.78, 5) is 24.4. The van der Waals surface area contributed by atoms with Gasteiger partial charge in [-0.05, 0) is 55.7 Å². The topological polar surface area (TPSA) is 110 Å². The molecule has 2 fully saturated rings. The number of halogens is 4. The molecule has 2 saturated carbocycles. The van der Waals surface area contributed by atoms with Crippen molar-refractivity contribution in [1.29, 1.82) is 0 Å². The third-order valence-corrected chi connectivity index (χ3v) is 9.58. The van der Waals surface area contributed by atoms with Gasteiger partial charge in [0.15, 0.2) is 32.9 Å². The van der Waals surface area contributed by atoms with Gasteiger partial charge in [-0.2, -0.15) is 0 Å². The van der Waals surface area contributed by atoms with E-state index in [1.54, 1.807) is 0 Å². The van der Waals surface area contributed by atoms with Crippen LogP contribution in [0.1, 0.15) is 36.0 Å². The van der Waals surface area contributed by atoms with Crippen LogP contribution >= 0.6 is 11.6 Å². The van der Waals surface area contributed by atoms with Crippen molar-refractivity contribution in [3.63, 3.8) is 0 Å². The number of carbonyl (C=O) groups is 2. The molecule has 0 aliphatic heterocycles. The van der Waals surface area contributed by atoms with Crippen molar-refractivity contribution < 1.29 is 41.0 Å². The van der Waals surface area contributed by atoms with Gasteiger partial charge in [-0.25, -0.2) is 26.4 Å². The summed E-state index contributed by atoms with van der Waals surface area (Å²) in [5.74, 6) is -7.45. The van der Waals surface area contributed by atoms with Crippen LogP contribution in [-0.2, 0) is 19.4 Å². The highest BCUT2D eigenvalue weighted by molar-refractivity contribution is 7.92. The molecule has 188 valence electrons. The van der Waals surface area contributed by atoms with E-state index in [0.717, 1.165) is 13.2 Å². The zero-order valence-electron chi connectivity index (χ0n) is 18.4. The molecule has 3 unspecified atom stereocenters. The molecule has 12 heteroatoms. The number of esters is 1. The number of aliphatic hydroxyl groups is 1. The van der Waals surface area contributed by atoms with Gasteiger partial charge in [0.2, 0.25) is 0 Å². The molecule has 2 aromatic carbocycles. The standard InChI is InChI=1S/C23H21ClF3NO6S/c1-34-22(30)23(31)9-12-2-3-13(10-23)20(12)35(32,33)18-6-11(4-5-15(18)24)21(29)28-14-7-16(25)19(27)17(26)8-14/h4-8,12-13,20,31H,2-3,9-10H2,1H3,(H,28,29)/t12-,13?,20?,23?/m1/s1. The molecule has 35 heavy (non-hydrogen) atoms. The largest absolute Gasteiger partial charge is 0.467 e. The molecule has 2 aliphatic carbocycles. The van der Waals surface area contributed by atoms with E-state index in [1.165, 1.54) is 12.1 Å². The molecule has 2 aliphatic rings. The van der Waals surface area contributed by atoms with Crippen molar-refractivity contribution in [2.75, 3.05) is 12.4 Å². The third kappa shape index (κ3) is 4.52. The first-order chi connectivity index (χ1) is 16.4. The monoisotopic (exact) mass is 531 g/mol. The van der Waals surface area contributed by atoms with Crippen LogP contribution in [0.2, 0.25) is 5.02 Å². The second kappa shape index (κ2) is 9.11. The first-order valence-electron chi connectivity index (χ1n) is 10.7. The van der Waals surface area contributed by atoms with Gasteiger partial charge in [-0.3, -0.25) is 4.79 Å². The molecule has 0 spiro atoms. The first-order valence-corrected chi connectivity index (χ1v) is 12.6. The average Bonchev–Trinajstić information content (AvgIpc) is 3.09. The van der Waals surface area contributed by atoms with Crippen molar-refractivity contribution in [3.8, 4) is 0 Å². The van der Waals surface area contributed by atoms with Crippen LogP contribution in [0.3, 0.4) is 0 Å². The number of fused-ring (bicyclic) bond motifs is 2. The lowest BCUT2D eigenvalue weighted by Gasteiger charge is -2.38.